The van der Waals surface area contributed by atoms with Gasteiger partial charge in [-0.2, -0.15) is 0 Å². The van der Waals surface area contributed by atoms with Gasteiger partial charge >= 0.3 is 0 Å². The van der Waals surface area contributed by atoms with Crippen LogP contribution in [0.25, 0.3) is 0 Å². The molecule has 5 heteroatoms. The maximum Gasteiger partial charge on any atom is 0.242 e. The molecule has 116 valence electrons. The van der Waals surface area contributed by atoms with Gasteiger partial charge in [0.2, 0.25) is 5.91 Å². The Hall–Kier alpha value is -2.40. The zero-order valence-electron chi connectivity index (χ0n) is 12.6. The van der Waals surface area contributed by atoms with E-state index in [1.165, 1.54) is 12.1 Å². The number of aromatic hydroxyl groups is 1. The van der Waals surface area contributed by atoms with Gasteiger partial charge in [0.05, 0.1) is 0 Å². The lowest BCUT2D eigenvalue weighted by Gasteiger charge is -2.24. The zero-order chi connectivity index (χ0) is 16.1. The molecule has 0 saturated heterocycles. The van der Waals surface area contributed by atoms with Gasteiger partial charge in [-0.25, -0.2) is 4.39 Å². The summed E-state index contributed by atoms with van der Waals surface area (Å²) in [7, 11) is 3.60. The molecule has 0 aliphatic rings. The number of nitrogens with one attached hydrogen (secondary N) is 1. The van der Waals surface area contributed by atoms with Crippen LogP contribution in [0.15, 0.2) is 48.5 Å². The third-order valence-corrected chi connectivity index (χ3v) is 3.35. The average Bonchev–Trinajstić information content (AvgIpc) is 2.48. The van der Waals surface area contributed by atoms with Gasteiger partial charge in [-0.1, -0.05) is 24.3 Å². The normalized spacial score (nSPS) is 12.2. The molecule has 2 aromatic carbocycles. The van der Waals surface area contributed by atoms with Crippen LogP contribution >= 0.6 is 0 Å². The van der Waals surface area contributed by atoms with Gasteiger partial charge in [0.1, 0.15) is 17.6 Å². The highest BCUT2D eigenvalue weighted by molar-refractivity contribution is 5.83. The van der Waals surface area contributed by atoms with Crippen LogP contribution < -0.4 is 5.32 Å². The zero-order valence-corrected chi connectivity index (χ0v) is 12.6. The van der Waals surface area contributed by atoms with Crippen LogP contribution in [0.5, 0.6) is 5.75 Å². The van der Waals surface area contributed by atoms with E-state index in [2.05, 4.69) is 5.32 Å². The van der Waals surface area contributed by atoms with Crippen molar-refractivity contribution < 1.29 is 14.3 Å². The van der Waals surface area contributed by atoms with Crippen molar-refractivity contribution in [2.24, 2.45) is 0 Å². The molecular weight excluding hydrogens is 283 g/mol. The van der Waals surface area contributed by atoms with Crippen molar-refractivity contribution in [1.29, 1.82) is 0 Å². The Balaban J connectivity index is 2.06. The number of hydrogen-bond acceptors (Lipinski definition) is 3. The molecule has 1 amide bonds. The quantitative estimate of drug-likeness (QED) is 0.892. The van der Waals surface area contributed by atoms with Crippen LogP contribution in [0.1, 0.15) is 17.2 Å². The number of rotatable bonds is 5. The highest BCUT2D eigenvalue weighted by Gasteiger charge is 2.22. The molecule has 0 aromatic heterocycles. The topological polar surface area (TPSA) is 52.6 Å². The fraction of sp³-hybridized carbons (Fsp3) is 0.235. The predicted octanol–water partition coefficient (Wildman–Crippen LogP) is 2.45. The molecule has 2 N–H and O–H groups in total. The Morgan fingerprint density at radius 1 is 1.14 bits per heavy atom. The first-order valence-corrected chi connectivity index (χ1v) is 6.95. The molecule has 4 nitrogen and oxygen atoms in total. The highest BCUT2D eigenvalue weighted by Crippen LogP contribution is 2.19. The average molecular weight is 302 g/mol. The predicted molar refractivity (Wildman–Crippen MR) is 82.8 cm³/mol. The van der Waals surface area contributed by atoms with Crippen molar-refractivity contribution >= 4 is 5.91 Å². The summed E-state index contributed by atoms with van der Waals surface area (Å²) < 4.78 is 13.0. The summed E-state index contributed by atoms with van der Waals surface area (Å²) in [4.78, 5) is 14.2. The van der Waals surface area contributed by atoms with Crippen LogP contribution in [0.4, 0.5) is 4.39 Å². The van der Waals surface area contributed by atoms with Gasteiger partial charge in [-0.3, -0.25) is 9.69 Å². The van der Waals surface area contributed by atoms with E-state index >= 15 is 0 Å². The van der Waals surface area contributed by atoms with Crippen molar-refractivity contribution in [2.75, 3.05) is 14.1 Å². The van der Waals surface area contributed by atoms with E-state index in [9.17, 15) is 14.3 Å². The van der Waals surface area contributed by atoms with E-state index in [4.69, 9.17) is 0 Å². The van der Waals surface area contributed by atoms with E-state index in [0.29, 0.717) is 6.54 Å². The highest BCUT2D eigenvalue weighted by atomic mass is 19.1. The monoisotopic (exact) mass is 302 g/mol. The summed E-state index contributed by atoms with van der Waals surface area (Å²) in [5.41, 5.74) is 1.62. The Kier molecular flexibility index (Phi) is 5.12. The lowest BCUT2D eigenvalue weighted by Crippen LogP contribution is -2.36. The first-order chi connectivity index (χ1) is 10.5. The lowest BCUT2D eigenvalue weighted by molar-refractivity contribution is -0.125. The maximum absolute atomic E-state index is 13.0. The molecular formula is C17H19FN2O2. The third kappa shape index (κ3) is 4.05. The standard InChI is InChI=1S/C17H19FN2O2/c1-20(2)16(13-5-7-14(18)8-6-13)17(22)19-11-12-3-9-15(21)10-4-12/h3-10,16,21H,11H2,1-2H3,(H,19,22). The van der Waals surface area contributed by atoms with Crippen LogP contribution in [-0.4, -0.2) is 30.0 Å². The second-order valence-electron chi connectivity index (χ2n) is 5.30. The van der Waals surface area contributed by atoms with Gasteiger partial charge in [0.15, 0.2) is 0 Å². The number of hydrogen-bond donors (Lipinski definition) is 2. The molecule has 0 radical (unpaired) electrons. The molecule has 0 saturated carbocycles. The van der Waals surface area contributed by atoms with E-state index in [-0.39, 0.29) is 17.5 Å². The fourth-order valence-electron chi connectivity index (χ4n) is 2.23. The molecule has 0 spiro atoms. The number of carbonyl (C=O) groups excluding carboxylic acids is 1. The van der Waals surface area contributed by atoms with Gasteiger partial charge < -0.3 is 10.4 Å². The van der Waals surface area contributed by atoms with Crippen molar-refractivity contribution in [3.05, 3.63) is 65.5 Å². The smallest absolute Gasteiger partial charge is 0.242 e. The Morgan fingerprint density at radius 2 is 1.73 bits per heavy atom. The fourth-order valence-corrected chi connectivity index (χ4v) is 2.23. The third-order valence-electron chi connectivity index (χ3n) is 3.35. The van der Waals surface area contributed by atoms with Crippen molar-refractivity contribution in [3.63, 3.8) is 0 Å². The number of likely N-dealkylation sites (N-methyl/N-ethyl adjacent to an activating group) is 1. The summed E-state index contributed by atoms with van der Waals surface area (Å²) in [6.45, 7) is 0.366. The molecule has 2 aromatic rings. The number of nitrogens with zero attached hydrogens (tertiary/aromatic N) is 1. The summed E-state index contributed by atoms with van der Waals surface area (Å²) in [6, 6.07) is 12.1. The number of benzene rings is 2. The molecule has 22 heavy (non-hydrogen) atoms. The lowest BCUT2D eigenvalue weighted by atomic mass is 10.0. The van der Waals surface area contributed by atoms with E-state index in [0.717, 1.165) is 11.1 Å². The van der Waals surface area contributed by atoms with E-state index < -0.39 is 6.04 Å². The Morgan fingerprint density at radius 3 is 2.27 bits per heavy atom. The molecule has 0 aliphatic heterocycles. The summed E-state index contributed by atoms with van der Waals surface area (Å²) in [5, 5.41) is 12.1. The maximum atomic E-state index is 13.0. The van der Waals surface area contributed by atoms with E-state index in [1.54, 1.807) is 55.4 Å². The summed E-state index contributed by atoms with van der Waals surface area (Å²) in [6.07, 6.45) is 0. The Labute approximate surface area is 129 Å². The number of amides is 1. The molecule has 0 bridgehead atoms. The molecule has 2 rings (SSSR count). The Bertz CT molecular complexity index is 624. The minimum atomic E-state index is -0.488. The van der Waals surface area contributed by atoms with Crippen LogP contribution in [0.2, 0.25) is 0 Å². The second kappa shape index (κ2) is 7.04. The number of phenolic OH excluding ortho intramolecular Hbond substituents is 1. The van der Waals surface area contributed by atoms with Crippen LogP contribution in [0.3, 0.4) is 0 Å². The van der Waals surface area contributed by atoms with Crippen molar-refractivity contribution in [1.82, 2.24) is 10.2 Å². The van der Waals surface area contributed by atoms with Crippen LogP contribution in [-0.2, 0) is 11.3 Å². The molecule has 0 heterocycles. The summed E-state index contributed by atoms with van der Waals surface area (Å²) in [5.74, 6) is -0.303. The largest absolute Gasteiger partial charge is 0.508 e. The second-order valence-corrected chi connectivity index (χ2v) is 5.30. The molecule has 1 unspecified atom stereocenters. The minimum absolute atomic E-state index is 0.162. The minimum Gasteiger partial charge on any atom is -0.508 e. The van der Waals surface area contributed by atoms with Crippen molar-refractivity contribution in [3.8, 4) is 5.75 Å². The van der Waals surface area contributed by atoms with Crippen LogP contribution in [0, 0.1) is 5.82 Å². The first-order valence-electron chi connectivity index (χ1n) is 6.95. The van der Waals surface area contributed by atoms with Gasteiger partial charge in [-0.05, 0) is 49.5 Å². The summed E-state index contributed by atoms with van der Waals surface area (Å²) >= 11 is 0. The number of phenols is 1. The van der Waals surface area contributed by atoms with E-state index in [1.807, 2.05) is 0 Å². The van der Waals surface area contributed by atoms with Gasteiger partial charge in [-0.15, -0.1) is 0 Å². The van der Waals surface area contributed by atoms with Crippen molar-refractivity contribution in [2.45, 2.75) is 12.6 Å². The van der Waals surface area contributed by atoms with Gasteiger partial charge in [0.25, 0.3) is 0 Å². The molecule has 1 atom stereocenters. The van der Waals surface area contributed by atoms with Gasteiger partial charge in [0, 0.05) is 6.54 Å². The molecule has 0 aliphatic carbocycles. The molecule has 0 fully saturated rings. The number of halogens is 1. The number of carbonyl (C=O) groups is 1. The SMILES string of the molecule is CN(C)C(C(=O)NCc1ccc(O)cc1)c1ccc(F)cc1. The first kappa shape index (κ1) is 16.0.